The lowest BCUT2D eigenvalue weighted by molar-refractivity contribution is 0.0486. The van der Waals surface area contributed by atoms with E-state index in [1.165, 1.54) is 12.1 Å². The molecule has 1 atom stereocenters. The van der Waals surface area contributed by atoms with Crippen LogP contribution in [0.3, 0.4) is 0 Å². The van der Waals surface area contributed by atoms with Crippen molar-refractivity contribution in [1.29, 1.82) is 0 Å². The standard InChI is InChI=1S/C24H31F2N3O4/c1-14-19-15(9-16(11-30)21(31)29(19)17-5-6-17)10-18(25)20(14)28-8-7-24(26,13-28)12-27-22(32)33-23(2,3)4/h9-10,17,30H,5-8,11-13H2,1-4H3,(H,27,32). The summed E-state index contributed by atoms with van der Waals surface area (Å²) in [6.07, 6.45) is 1.13. The summed E-state index contributed by atoms with van der Waals surface area (Å²) in [5, 5.41) is 12.6. The Bertz CT molecular complexity index is 1150. The number of nitrogens with one attached hydrogen (secondary N) is 1. The van der Waals surface area contributed by atoms with Gasteiger partial charge in [-0.25, -0.2) is 13.6 Å². The first kappa shape index (κ1) is 23.5. The van der Waals surface area contributed by atoms with Crippen LogP contribution < -0.4 is 15.8 Å². The molecule has 1 aliphatic heterocycles. The number of carbonyl (C=O) groups is 1. The van der Waals surface area contributed by atoms with Gasteiger partial charge in [0.2, 0.25) is 0 Å². The molecule has 33 heavy (non-hydrogen) atoms. The highest BCUT2D eigenvalue weighted by Crippen LogP contribution is 2.41. The van der Waals surface area contributed by atoms with E-state index in [9.17, 15) is 14.7 Å². The van der Waals surface area contributed by atoms with E-state index in [-0.39, 0.29) is 48.9 Å². The highest BCUT2D eigenvalue weighted by atomic mass is 19.1. The predicted octanol–water partition coefficient (Wildman–Crippen LogP) is 3.72. The van der Waals surface area contributed by atoms with E-state index in [2.05, 4.69) is 5.32 Å². The average Bonchev–Trinajstić information content (AvgIpc) is 3.48. The molecule has 0 bridgehead atoms. The molecule has 1 aliphatic carbocycles. The third kappa shape index (κ3) is 4.69. The Morgan fingerprint density at radius 3 is 2.64 bits per heavy atom. The van der Waals surface area contributed by atoms with Gasteiger partial charge in [-0.2, -0.15) is 0 Å². The van der Waals surface area contributed by atoms with Crippen LogP contribution in [-0.2, 0) is 11.3 Å². The average molecular weight is 464 g/mol. The van der Waals surface area contributed by atoms with Gasteiger partial charge >= 0.3 is 6.09 Å². The number of aromatic nitrogens is 1. The summed E-state index contributed by atoms with van der Waals surface area (Å²) < 4.78 is 37.6. The molecule has 1 aromatic heterocycles. The van der Waals surface area contributed by atoms with Crippen LogP contribution >= 0.6 is 0 Å². The zero-order valence-corrected chi connectivity index (χ0v) is 19.5. The van der Waals surface area contributed by atoms with Crippen molar-refractivity contribution in [3.8, 4) is 0 Å². The number of fused-ring (bicyclic) bond motifs is 1. The van der Waals surface area contributed by atoms with Crippen LogP contribution in [0.2, 0.25) is 0 Å². The van der Waals surface area contributed by atoms with Crippen molar-refractivity contribution in [2.24, 2.45) is 0 Å². The molecule has 2 aliphatic rings. The van der Waals surface area contributed by atoms with E-state index in [0.717, 1.165) is 12.8 Å². The number of benzene rings is 1. The maximum Gasteiger partial charge on any atom is 0.407 e. The van der Waals surface area contributed by atoms with Gasteiger partial charge in [0.05, 0.1) is 30.9 Å². The molecule has 1 amide bonds. The van der Waals surface area contributed by atoms with E-state index in [1.807, 2.05) is 0 Å². The van der Waals surface area contributed by atoms with Crippen molar-refractivity contribution in [2.75, 3.05) is 24.5 Å². The van der Waals surface area contributed by atoms with Gasteiger partial charge in [-0.1, -0.05) is 0 Å². The van der Waals surface area contributed by atoms with Crippen LogP contribution in [-0.4, -0.2) is 46.7 Å². The molecule has 4 rings (SSSR count). The zero-order chi connectivity index (χ0) is 24.1. The van der Waals surface area contributed by atoms with Gasteiger partial charge in [0.25, 0.3) is 5.56 Å². The van der Waals surface area contributed by atoms with E-state index >= 15 is 8.78 Å². The zero-order valence-electron chi connectivity index (χ0n) is 19.5. The maximum absolute atomic E-state index is 15.5. The van der Waals surface area contributed by atoms with Crippen LogP contribution in [0.5, 0.6) is 0 Å². The minimum atomic E-state index is -1.73. The normalized spacial score (nSPS) is 21.0. The largest absolute Gasteiger partial charge is 0.444 e. The Morgan fingerprint density at radius 1 is 1.33 bits per heavy atom. The molecule has 2 N–H and O–H groups in total. The van der Waals surface area contributed by atoms with Crippen LogP contribution in [0.4, 0.5) is 19.3 Å². The molecule has 1 saturated carbocycles. The smallest absolute Gasteiger partial charge is 0.407 e. The molecule has 1 unspecified atom stereocenters. The van der Waals surface area contributed by atoms with Crippen molar-refractivity contribution in [1.82, 2.24) is 9.88 Å². The van der Waals surface area contributed by atoms with Crippen LogP contribution in [0, 0.1) is 12.7 Å². The van der Waals surface area contributed by atoms with Gasteiger partial charge in [-0.05, 0) is 58.2 Å². The van der Waals surface area contributed by atoms with E-state index in [4.69, 9.17) is 4.74 Å². The number of halogens is 2. The number of hydrogen-bond donors (Lipinski definition) is 2. The van der Waals surface area contributed by atoms with Gasteiger partial charge in [0, 0.05) is 30.0 Å². The molecule has 180 valence electrons. The summed E-state index contributed by atoms with van der Waals surface area (Å²) in [7, 11) is 0. The van der Waals surface area contributed by atoms with Crippen molar-refractivity contribution >= 4 is 22.7 Å². The molecule has 2 aromatic rings. The monoisotopic (exact) mass is 463 g/mol. The number of aliphatic hydroxyl groups excluding tert-OH is 1. The molecule has 0 radical (unpaired) electrons. The van der Waals surface area contributed by atoms with Gasteiger partial charge in [0.1, 0.15) is 17.1 Å². The first-order valence-corrected chi connectivity index (χ1v) is 11.3. The predicted molar refractivity (Wildman–Crippen MR) is 122 cm³/mol. The van der Waals surface area contributed by atoms with Crippen LogP contribution in [0.25, 0.3) is 10.9 Å². The van der Waals surface area contributed by atoms with E-state index < -0.39 is 29.8 Å². The number of aliphatic hydroxyl groups is 1. The number of amides is 1. The van der Waals surface area contributed by atoms with Gasteiger partial charge in [-0.15, -0.1) is 0 Å². The van der Waals surface area contributed by atoms with Crippen molar-refractivity contribution in [3.05, 3.63) is 39.4 Å². The maximum atomic E-state index is 15.5. The molecule has 7 nitrogen and oxygen atoms in total. The van der Waals surface area contributed by atoms with E-state index in [1.54, 1.807) is 37.2 Å². The number of pyridine rings is 1. The fourth-order valence-corrected chi connectivity index (χ4v) is 4.61. The third-order valence-electron chi connectivity index (χ3n) is 6.21. The Kier molecular flexibility index (Phi) is 5.88. The lowest BCUT2D eigenvalue weighted by Gasteiger charge is -2.26. The third-order valence-corrected chi connectivity index (χ3v) is 6.21. The molecule has 2 fully saturated rings. The number of alkyl carbamates (subject to hydrolysis) is 1. The Balaban J connectivity index is 1.63. The lowest BCUT2D eigenvalue weighted by atomic mass is 10.0. The second-order valence-electron chi connectivity index (χ2n) is 10.2. The number of ether oxygens (including phenoxy) is 1. The Morgan fingerprint density at radius 2 is 2.03 bits per heavy atom. The lowest BCUT2D eigenvalue weighted by Crippen LogP contribution is -2.43. The highest BCUT2D eigenvalue weighted by Gasteiger charge is 2.41. The first-order valence-electron chi connectivity index (χ1n) is 11.3. The summed E-state index contributed by atoms with van der Waals surface area (Å²) in [4.78, 5) is 26.5. The summed E-state index contributed by atoms with van der Waals surface area (Å²) in [6, 6.07) is 2.91. The highest BCUT2D eigenvalue weighted by molar-refractivity contribution is 5.88. The molecule has 1 saturated heterocycles. The quantitative estimate of drug-likeness (QED) is 0.706. The van der Waals surface area contributed by atoms with Crippen LogP contribution in [0.15, 0.2) is 16.9 Å². The summed E-state index contributed by atoms with van der Waals surface area (Å²) in [5.41, 5.74) is -0.990. The molecule has 2 heterocycles. The summed E-state index contributed by atoms with van der Waals surface area (Å²) in [6.45, 7) is 6.47. The topological polar surface area (TPSA) is 83.8 Å². The molecular weight excluding hydrogens is 432 g/mol. The number of carbonyl (C=O) groups excluding carboxylic acids is 1. The van der Waals surface area contributed by atoms with Gasteiger partial charge in [-0.3, -0.25) is 4.79 Å². The molecule has 1 aromatic carbocycles. The number of rotatable bonds is 5. The first-order chi connectivity index (χ1) is 15.4. The summed E-state index contributed by atoms with van der Waals surface area (Å²) in [5.74, 6) is -0.505. The number of nitrogens with zero attached hydrogens (tertiary/aromatic N) is 2. The van der Waals surface area contributed by atoms with Gasteiger partial charge < -0.3 is 24.6 Å². The Labute approximate surface area is 191 Å². The second-order valence-corrected chi connectivity index (χ2v) is 10.2. The SMILES string of the molecule is Cc1c(N2CCC(F)(CNC(=O)OC(C)(C)C)C2)c(F)cc2cc(CO)c(=O)n(C3CC3)c12. The summed E-state index contributed by atoms with van der Waals surface area (Å²) >= 11 is 0. The minimum Gasteiger partial charge on any atom is -0.444 e. The van der Waals surface area contributed by atoms with Gasteiger partial charge in [0.15, 0.2) is 0 Å². The number of aryl methyl sites for hydroxylation is 1. The number of alkyl halides is 1. The number of hydrogen-bond acceptors (Lipinski definition) is 5. The molecule has 9 heteroatoms. The van der Waals surface area contributed by atoms with Crippen molar-refractivity contribution in [2.45, 2.75) is 70.9 Å². The van der Waals surface area contributed by atoms with Crippen molar-refractivity contribution in [3.63, 3.8) is 0 Å². The van der Waals surface area contributed by atoms with Crippen LogP contribution in [0.1, 0.15) is 57.2 Å². The fraction of sp³-hybridized carbons (Fsp3) is 0.583. The molecular formula is C24H31F2N3O4. The van der Waals surface area contributed by atoms with Crippen molar-refractivity contribution < 1.29 is 23.4 Å². The van der Waals surface area contributed by atoms with E-state index in [0.29, 0.717) is 16.5 Å². The number of anilines is 1. The second kappa shape index (κ2) is 8.27. The molecule has 0 spiro atoms. The minimum absolute atomic E-state index is 0.0281. The Hall–Kier alpha value is -2.68. The fourth-order valence-electron chi connectivity index (χ4n) is 4.61.